The molecule has 1 unspecified atom stereocenters. The maximum absolute atomic E-state index is 12.1. The van der Waals surface area contributed by atoms with Gasteiger partial charge in [-0.2, -0.15) is 4.31 Å². The van der Waals surface area contributed by atoms with Gasteiger partial charge in [-0.25, -0.2) is 8.42 Å². The van der Waals surface area contributed by atoms with Gasteiger partial charge in [0.15, 0.2) is 0 Å². The first-order valence-corrected chi connectivity index (χ1v) is 8.58. The highest BCUT2D eigenvalue weighted by Gasteiger charge is 2.43. The lowest BCUT2D eigenvalue weighted by Gasteiger charge is -2.23. The van der Waals surface area contributed by atoms with Crippen LogP contribution in [0, 0.1) is 5.41 Å². The molecule has 1 amide bonds. The molecule has 0 bridgehead atoms. The molecule has 0 aromatic rings. The molecule has 1 aliphatic heterocycles. The molecule has 1 atom stereocenters. The minimum Gasteiger partial charge on any atom is -0.396 e. The van der Waals surface area contributed by atoms with Crippen LogP contribution in [0.2, 0.25) is 0 Å². The van der Waals surface area contributed by atoms with E-state index in [-0.39, 0.29) is 17.9 Å². The highest BCUT2D eigenvalue weighted by atomic mass is 32.2. The number of hydrogen-bond donors (Lipinski definition) is 2. The van der Waals surface area contributed by atoms with E-state index in [1.807, 2.05) is 0 Å². The van der Waals surface area contributed by atoms with Gasteiger partial charge >= 0.3 is 0 Å². The fourth-order valence-corrected chi connectivity index (χ4v) is 3.84. The second-order valence-corrected chi connectivity index (χ2v) is 7.66. The quantitative estimate of drug-likeness (QED) is 0.702. The second-order valence-electron chi connectivity index (χ2n) is 5.72. The van der Waals surface area contributed by atoms with Crippen molar-refractivity contribution in [1.82, 2.24) is 9.62 Å². The minimum absolute atomic E-state index is 0.0545. The zero-order valence-corrected chi connectivity index (χ0v) is 12.1. The van der Waals surface area contributed by atoms with Gasteiger partial charge in [0.2, 0.25) is 15.9 Å². The van der Waals surface area contributed by atoms with Crippen molar-refractivity contribution in [2.75, 3.05) is 26.0 Å². The monoisotopic (exact) mass is 290 g/mol. The zero-order chi connectivity index (χ0) is 14.1. The van der Waals surface area contributed by atoms with Crippen molar-refractivity contribution in [2.45, 2.75) is 38.1 Å². The number of sulfonamides is 1. The van der Waals surface area contributed by atoms with Crippen LogP contribution in [0.4, 0.5) is 0 Å². The lowest BCUT2D eigenvalue weighted by atomic mass is 10.0. The van der Waals surface area contributed by atoms with Gasteiger partial charge in [-0.15, -0.1) is 0 Å². The first-order valence-electron chi connectivity index (χ1n) is 6.73. The summed E-state index contributed by atoms with van der Waals surface area (Å²) >= 11 is 0. The first kappa shape index (κ1) is 14.7. The number of rotatable bonds is 6. The Morgan fingerprint density at radius 3 is 2.68 bits per heavy atom. The van der Waals surface area contributed by atoms with E-state index < -0.39 is 16.1 Å². The third-order valence-corrected chi connectivity index (χ3v) is 5.46. The molecule has 1 saturated heterocycles. The van der Waals surface area contributed by atoms with Gasteiger partial charge in [0.25, 0.3) is 0 Å². The van der Waals surface area contributed by atoms with Crippen LogP contribution in [-0.4, -0.2) is 55.7 Å². The molecular weight excluding hydrogens is 268 g/mol. The summed E-state index contributed by atoms with van der Waals surface area (Å²) in [6, 6.07) is -0.556. The summed E-state index contributed by atoms with van der Waals surface area (Å²) in [5.74, 6) is -0.202. The highest BCUT2D eigenvalue weighted by Crippen LogP contribution is 2.47. The maximum Gasteiger partial charge on any atom is 0.238 e. The van der Waals surface area contributed by atoms with E-state index in [1.165, 1.54) is 4.31 Å². The Morgan fingerprint density at radius 2 is 2.16 bits per heavy atom. The summed E-state index contributed by atoms with van der Waals surface area (Å²) in [6.45, 7) is 1.11. The third kappa shape index (κ3) is 3.46. The summed E-state index contributed by atoms with van der Waals surface area (Å²) in [6.07, 6.45) is 5.21. The molecule has 0 spiro atoms. The average Bonchev–Trinajstić information content (AvgIpc) is 2.91. The van der Waals surface area contributed by atoms with Crippen LogP contribution in [0.1, 0.15) is 32.1 Å². The number of aliphatic hydroxyl groups excluding tert-OH is 1. The number of nitrogens with one attached hydrogen (secondary N) is 1. The molecule has 6 nitrogen and oxygen atoms in total. The minimum atomic E-state index is -3.31. The van der Waals surface area contributed by atoms with Crippen molar-refractivity contribution in [3.8, 4) is 0 Å². The van der Waals surface area contributed by atoms with Crippen molar-refractivity contribution >= 4 is 15.9 Å². The summed E-state index contributed by atoms with van der Waals surface area (Å²) in [4.78, 5) is 12.1. The Hall–Kier alpha value is -0.660. The highest BCUT2D eigenvalue weighted by molar-refractivity contribution is 7.88. The van der Waals surface area contributed by atoms with Crippen molar-refractivity contribution in [3.05, 3.63) is 0 Å². The van der Waals surface area contributed by atoms with Gasteiger partial charge in [0.05, 0.1) is 6.26 Å². The van der Waals surface area contributed by atoms with E-state index in [9.17, 15) is 13.2 Å². The van der Waals surface area contributed by atoms with Gasteiger partial charge in [-0.3, -0.25) is 4.79 Å². The molecule has 1 saturated carbocycles. The maximum atomic E-state index is 12.1. The van der Waals surface area contributed by atoms with Crippen molar-refractivity contribution in [2.24, 2.45) is 5.41 Å². The molecule has 2 rings (SSSR count). The fraction of sp³-hybridized carbons (Fsp3) is 0.917. The lowest BCUT2D eigenvalue weighted by Crippen LogP contribution is -2.46. The Kier molecular flexibility index (Phi) is 4.17. The Bertz CT molecular complexity index is 445. The predicted octanol–water partition coefficient (Wildman–Crippen LogP) is -0.311. The van der Waals surface area contributed by atoms with Crippen LogP contribution >= 0.6 is 0 Å². The van der Waals surface area contributed by atoms with E-state index in [2.05, 4.69) is 5.32 Å². The van der Waals surface area contributed by atoms with E-state index in [0.717, 1.165) is 25.5 Å². The Morgan fingerprint density at radius 1 is 1.47 bits per heavy atom. The van der Waals surface area contributed by atoms with E-state index in [4.69, 9.17) is 5.11 Å². The van der Waals surface area contributed by atoms with Crippen LogP contribution in [0.25, 0.3) is 0 Å². The third-order valence-electron chi connectivity index (χ3n) is 4.17. The van der Waals surface area contributed by atoms with Gasteiger partial charge in [-0.05, 0) is 37.5 Å². The van der Waals surface area contributed by atoms with Crippen LogP contribution in [0.3, 0.4) is 0 Å². The van der Waals surface area contributed by atoms with E-state index >= 15 is 0 Å². The normalized spacial score (nSPS) is 26.3. The number of amides is 1. The molecule has 0 radical (unpaired) electrons. The number of aliphatic hydroxyl groups is 1. The van der Waals surface area contributed by atoms with E-state index in [0.29, 0.717) is 25.9 Å². The molecule has 2 N–H and O–H groups in total. The number of carbonyl (C=O) groups is 1. The number of nitrogens with zero attached hydrogens (tertiary/aromatic N) is 1. The van der Waals surface area contributed by atoms with Crippen molar-refractivity contribution < 1.29 is 18.3 Å². The second kappa shape index (κ2) is 5.38. The van der Waals surface area contributed by atoms with Gasteiger partial charge in [0, 0.05) is 19.7 Å². The summed E-state index contributed by atoms with van der Waals surface area (Å²) in [5.41, 5.74) is 0.0545. The topological polar surface area (TPSA) is 86.7 Å². The molecule has 2 fully saturated rings. The number of hydrogen-bond acceptors (Lipinski definition) is 4. The lowest BCUT2D eigenvalue weighted by molar-refractivity contribution is -0.124. The molecule has 0 aromatic heterocycles. The average molecular weight is 290 g/mol. The molecule has 1 heterocycles. The van der Waals surface area contributed by atoms with Gasteiger partial charge in [0.1, 0.15) is 6.04 Å². The molecule has 7 heteroatoms. The summed E-state index contributed by atoms with van der Waals surface area (Å²) < 4.78 is 24.4. The SMILES string of the molecule is CS(=O)(=O)N1CCCC1C(=O)NCC1(CCO)CC1. The number of carbonyl (C=O) groups excluding carboxylic acids is 1. The largest absolute Gasteiger partial charge is 0.396 e. The standard InChI is InChI=1S/C12H22N2O4S/c1-19(17,18)14-7-2-3-10(14)11(16)13-9-12(4-5-12)6-8-15/h10,15H,2-9H2,1H3,(H,13,16). The van der Waals surface area contributed by atoms with Gasteiger partial charge < -0.3 is 10.4 Å². The van der Waals surface area contributed by atoms with Crippen molar-refractivity contribution in [3.63, 3.8) is 0 Å². The van der Waals surface area contributed by atoms with Crippen LogP contribution < -0.4 is 5.32 Å². The van der Waals surface area contributed by atoms with E-state index in [1.54, 1.807) is 0 Å². The molecule has 1 aliphatic carbocycles. The molecular formula is C12H22N2O4S. The first-order chi connectivity index (χ1) is 8.88. The Labute approximate surface area is 114 Å². The molecule has 2 aliphatic rings. The van der Waals surface area contributed by atoms with Gasteiger partial charge in [-0.1, -0.05) is 0 Å². The smallest absolute Gasteiger partial charge is 0.238 e. The van der Waals surface area contributed by atoms with Crippen LogP contribution in [0.15, 0.2) is 0 Å². The summed E-state index contributed by atoms with van der Waals surface area (Å²) in [7, 11) is -3.31. The molecule has 0 aromatic carbocycles. The molecule has 110 valence electrons. The summed E-state index contributed by atoms with van der Waals surface area (Å²) in [5, 5.41) is 11.8. The fourth-order valence-electron chi connectivity index (χ4n) is 2.72. The Balaban J connectivity index is 1.89. The molecule has 19 heavy (non-hydrogen) atoms. The van der Waals surface area contributed by atoms with Crippen molar-refractivity contribution in [1.29, 1.82) is 0 Å². The predicted molar refractivity (Wildman–Crippen MR) is 71.0 cm³/mol. The van der Waals surface area contributed by atoms with Crippen LogP contribution in [-0.2, 0) is 14.8 Å². The zero-order valence-electron chi connectivity index (χ0n) is 11.3. The van der Waals surface area contributed by atoms with Crippen LogP contribution in [0.5, 0.6) is 0 Å².